The van der Waals surface area contributed by atoms with E-state index < -0.39 is 0 Å². The van der Waals surface area contributed by atoms with Crippen LogP contribution in [0.15, 0.2) is 36.9 Å². The van der Waals surface area contributed by atoms with Crippen molar-refractivity contribution in [2.45, 2.75) is 26.7 Å². The summed E-state index contributed by atoms with van der Waals surface area (Å²) in [4.78, 5) is 6.33. The Morgan fingerprint density at radius 2 is 2.08 bits per heavy atom. The van der Waals surface area contributed by atoms with Crippen LogP contribution in [-0.4, -0.2) is 22.1 Å². The first-order valence-corrected chi connectivity index (χ1v) is 7.98. The molecule has 1 heterocycles. The van der Waals surface area contributed by atoms with Gasteiger partial charge in [0.05, 0.1) is 17.7 Å². The Balaban J connectivity index is 0.00000288. The van der Waals surface area contributed by atoms with E-state index in [1.165, 1.54) is 11.1 Å². The first kappa shape index (κ1) is 19.5. The fourth-order valence-corrected chi connectivity index (χ4v) is 2.64. The molecule has 2 rings (SSSR count). The minimum atomic E-state index is 0. The predicted molar refractivity (Wildman–Crippen MR) is 105 cm³/mol. The van der Waals surface area contributed by atoms with Crippen LogP contribution in [0.4, 0.5) is 5.69 Å². The van der Waals surface area contributed by atoms with E-state index in [2.05, 4.69) is 43.6 Å². The molecule has 5 heteroatoms. The third kappa shape index (κ3) is 3.86. The van der Waals surface area contributed by atoms with Crippen LogP contribution < -0.4 is 10.6 Å². The standard InChI is InChI=1S/C19H26N4.H2O.H2/c1-6-14-9-10-17(15(7-2)11-14)23(5)19(20)12-18-16(8-3)21-13-22(18)4;;/h8-13H,3,6-7,20H2,1-2,4-5H3;1H2;1H/b19-12+;;. The van der Waals surface area contributed by atoms with Crippen molar-refractivity contribution in [3.05, 3.63) is 59.4 Å². The minimum Gasteiger partial charge on any atom is -0.412 e. The number of rotatable bonds is 6. The first-order valence-electron chi connectivity index (χ1n) is 7.98. The third-order valence-corrected chi connectivity index (χ3v) is 4.17. The molecule has 0 saturated heterocycles. The summed E-state index contributed by atoms with van der Waals surface area (Å²) in [6.45, 7) is 8.14. The van der Waals surface area contributed by atoms with Crippen molar-refractivity contribution < 1.29 is 6.90 Å². The molecule has 0 fully saturated rings. The van der Waals surface area contributed by atoms with Gasteiger partial charge in [-0.2, -0.15) is 0 Å². The van der Waals surface area contributed by atoms with Gasteiger partial charge < -0.3 is 20.7 Å². The van der Waals surface area contributed by atoms with Gasteiger partial charge in [0.2, 0.25) is 0 Å². The van der Waals surface area contributed by atoms with Gasteiger partial charge in [-0.25, -0.2) is 4.98 Å². The number of hydrogen-bond acceptors (Lipinski definition) is 3. The summed E-state index contributed by atoms with van der Waals surface area (Å²) in [5.74, 6) is 0.677. The lowest BCUT2D eigenvalue weighted by Gasteiger charge is -2.23. The Morgan fingerprint density at radius 1 is 1.38 bits per heavy atom. The third-order valence-electron chi connectivity index (χ3n) is 4.17. The Hall–Kier alpha value is -2.53. The number of hydrogen-bond donors (Lipinski definition) is 1. The average Bonchev–Trinajstić information content (AvgIpc) is 2.93. The molecule has 0 aliphatic heterocycles. The van der Waals surface area contributed by atoms with Crippen molar-refractivity contribution in [3.8, 4) is 0 Å². The number of aryl methyl sites for hydroxylation is 3. The van der Waals surface area contributed by atoms with Crippen molar-refractivity contribution in [2.24, 2.45) is 12.8 Å². The van der Waals surface area contributed by atoms with Crippen LogP contribution in [0.5, 0.6) is 0 Å². The average molecular weight is 330 g/mol. The number of anilines is 1. The molecule has 1 aromatic heterocycles. The molecule has 0 radical (unpaired) electrons. The second-order valence-corrected chi connectivity index (χ2v) is 5.63. The number of nitrogens with zero attached hydrogens (tertiary/aromatic N) is 3. The second kappa shape index (κ2) is 8.36. The fraction of sp³-hybridized carbons (Fsp3) is 0.316. The summed E-state index contributed by atoms with van der Waals surface area (Å²) >= 11 is 0. The summed E-state index contributed by atoms with van der Waals surface area (Å²) in [6, 6.07) is 6.58. The minimum absolute atomic E-state index is 0. The van der Waals surface area contributed by atoms with Crippen LogP contribution in [0, 0.1) is 0 Å². The number of aromatic nitrogens is 2. The molecule has 5 nitrogen and oxygen atoms in total. The summed E-state index contributed by atoms with van der Waals surface area (Å²) in [5, 5.41) is 0. The molecule has 0 bridgehead atoms. The molecule has 2 aromatic rings. The molecule has 0 unspecified atom stereocenters. The lowest BCUT2D eigenvalue weighted by atomic mass is 10.0. The molecule has 0 aliphatic carbocycles. The van der Waals surface area contributed by atoms with Gasteiger partial charge in [0, 0.05) is 27.3 Å². The Bertz CT molecular complexity index is 737. The molecule has 0 aliphatic rings. The van der Waals surface area contributed by atoms with Gasteiger partial charge in [0.25, 0.3) is 0 Å². The molecule has 24 heavy (non-hydrogen) atoms. The molecule has 1 aromatic carbocycles. The maximum absolute atomic E-state index is 6.34. The van der Waals surface area contributed by atoms with Crippen LogP contribution in [0.25, 0.3) is 12.2 Å². The van der Waals surface area contributed by atoms with Crippen molar-refractivity contribution >= 4 is 17.8 Å². The summed E-state index contributed by atoms with van der Waals surface area (Å²) in [7, 11) is 3.95. The van der Waals surface area contributed by atoms with E-state index in [-0.39, 0.29) is 6.90 Å². The van der Waals surface area contributed by atoms with Crippen molar-refractivity contribution in [1.82, 2.24) is 9.55 Å². The van der Waals surface area contributed by atoms with Crippen molar-refractivity contribution in [1.29, 1.82) is 0 Å². The van der Waals surface area contributed by atoms with E-state index in [1.54, 1.807) is 12.4 Å². The fourth-order valence-electron chi connectivity index (χ4n) is 2.64. The van der Waals surface area contributed by atoms with Crippen LogP contribution in [0.1, 0.15) is 37.8 Å². The molecule has 4 N–H and O–H groups in total. The number of imidazole rings is 1. The van der Waals surface area contributed by atoms with E-state index >= 15 is 0 Å². The topological polar surface area (TPSA) is 78.6 Å². The zero-order valence-electron chi connectivity index (χ0n) is 15.0. The lowest BCUT2D eigenvalue weighted by molar-refractivity contribution is 0.824. The van der Waals surface area contributed by atoms with Gasteiger partial charge in [-0.3, -0.25) is 0 Å². The summed E-state index contributed by atoms with van der Waals surface area (Å²) < 4.78 is 1.94. The summed E-state index contributed by atoms with van der Waals surface area (Å²) in [6.07, 6.45) is 7.47. The zero-order chi connectivity index (χ0) is 17.0. The van der Waals surface area contributed by atoms with Gasteiger partial charge in [-0.15, -0.1) is 0 Å². The Kier molecular flexibility index (Phi) is 6.80. The largest absolute Gasteiger partial charge is 0.412 e. The lowest BCUT2D eigenvalue weighted by Crippen LogP contribution is -2.24. The van der Waals surface area contributed by atoms with Crippen molar-refractivity contribution in [3.63, 3.8) is 0 Å². The molecule has 0 atom stereocenters. The van der Waals surface area contributed by atoms with Crippen LogP contribution in [0.2, 0.25) is 0 Å². The molecular weight excluding hydrogens is 300 g/mol. The highest BCUT2D eigenvalue weighted by Gasteiger charge is 2.11. The van der Waals surface area contributed by atoms with Crippen LogP contribution in [0.3, 0.4) is 0 Å². The van der Waals surface area contributed by atoms with Gasteiger partial charge in [0.15, 0.2) is 0 Å². The molecule has 0 amide bonds. The van der Waals surface area contributed by atoms with Gasteiger partial charge in [-0.05, 0) is 36.1 Å². The monoisotopic (exact) mass is 330 g/mol. The summed E-state index contributed by atoms with van der Waals surface area (Å²) in [5.41, 5.74) is 11.9. The zero-order valence-corrected chi connectivity index (χ0v) is 15.0. The normalized spacial score (nSPS) is 11.1. The van der Waals surface area contributed by atoms with Gasteiger partial charge >= 0.3 is 0 Å². The van der Waals surface area contributed by atoms with E-state index in [1.807, 2.05) is 29.6 Å². The molecular formula is C19H30N4O. The smallest absolute Gasteiger partial charge is 0.105 e. The highest BCUT2D eigenvalue weighted by molar-refractivity contribution is 5.66. The highest BCUT2D eigenvalue weighted by atomic mass is 16.0. The first-order chi connectivity index (χ1) is 11.0. The Labute approximate surface area is 145 Å². The maximum Gasteiger partial charge on any atom is 0.105 e. The molecule has 0 spiro atoms. The van der Waals surface area contributed by atoms with E-state index in [4.69, 9.17) is 5.73 Å². The van der Waals surface area contributed by atoms with Gasteiger partial charge in [-0.1, -0.05) is 32.6 Å². The highest BCUT2D eigenvalue weighted by Crippen LogP contribution is 2.24. The second-order valence-electron chi connectivity index (χ2n) is 5.63. The SMILES string of the molecule is C=Cc1ncn(C)c1/C=C(\N)N(C)c1ccc(CC)cc1CC.O.[HH]. The number of benzene rings is 1. The maximum atomic E-state index is 6.34. The Morgan fingerprint density at radius 3 is 2.67 bits per heavy atom. The number of nitrogens with two attached hydrogens (primary N) is 1. The van der Waals surface area contributed by atoms with Gasteiger partial charge in [0.1, 0.15) is 5.82 Å². The van der Waals surface area contributed by atoms with E-state index in [0.717, 1.165) is 29.9 Å². The van der Waals surface area contributed by atoms with Crippen molar-refractivity contribution in [2.75, 3.05) is 11.9 Å². The van der Waals surface area contributed by atoms with Crippen LogP contribution >= 0.6 is 0 Å². The van der Waals surface area contributed by atoms with E-state index in [0.29, 0.717) is 5.82 Å². The molecule has 0 saturated carbocycles. The quantitative estimate of drug-likeness (QED) is 0.884. The predicted octanol–water partition coefficient (Wildman–Crippen LogP) is 3.00. The van der Waals surface area contributed by atoms with E-state index in [9.17, 15) is 0 Å². The van der Waals surface area contributed by atoms with Crippen LogP contribution in [-0.2, 0) is 19.9 Å². The molecule has 132 valence electrons.